The third-order valence-electron chi connectivity index (χ3n) is 5.47. The number of halogens is 3. The van der Waals surface area contributed by atoms with Gasteiger partial charge < -0.3 is 15.5 Å². The van der Waals surface area contributed by atoms with Crippen molar-refractivity contribution in [3.8, 4) is 0 Å². The van der Waals surface area contributed by atoms with Gasteiger partial charge in [-0.3, -0.25) is 4.79 Å². The number of amides is 1. The zero-order valence-corrected chi connectivity index (χ0v) is 16.3. The predicted molar refractivity (Wildman–Crippen MR) is 106 cm³/mol. The monoisotopic (exact) mass is 391 g/mol. The second-order valence-corrected chi connectivity index (χ2v) is 7.04. The van der Waals surface area contributed by atoms with Crippen LogP contribution in [-0.4, -0.2) is 32.6 Å². The SMILES string of the molecule is CN1CCN(C(=O)CC2(CN)CCCCC2)c2ccc(F)cc21.Cl.Cl. The van der Waals surface area contributed by atoms with Crippen LogP contribution in [0.25, 0.3) is 0 Å². The Balaban J connectivity index is 0.00000156. The minimum Gasteiger partial charge on any atom is -0.371 e. The Morgan fingerprint density at radius 1 is 1.16 bits per heavy atom. The minimum absolute atomic E-state index is 0. The molecule has 0 bridgehead atoms. The molecular weight excluding hydrogens is 364 g/mol. The Kier molecular flexibility index (Phi) is 7.97. The molecule has 2 N–H and O–H groups in total. The van der Waals surface area contributed by atoms with Crippen LogP contribution < -0.4 is 15.5 Å². The zero-order valence-electron chi connectivity index (χ0n) is 14.7. The molecule has 25 heavy (non-hydrogen) atoms. The number of anilines is 2. The summed E-state index contributed by atoms with van der Waals surface area (Å²) in [7, 11) is 1.93. The Hall–Kier alpha value is -1.04. The quantitative estimate of drug-likeness (QED) is 0.853. The Bertz CT molecular complexity index is 594. The molecule has 0 unspecified atom stereocenters. The molecule has 0 spiro atoms. The van der Waals surface area contributed by atoms with Crippen LogP contribution in [0.15, 0.2) is 18.2 Å². The molecule has 1 saturated carbocycles. The molecular formula is C18H28Cl2FN3O. The summed E-state index contributed by atoms with van der Waals surface area (Å²) in [5, 5.41) is 0. The van der Waals surface area contributed by atoms with Crippen molar-refractivity contribution in [2.24, 2.45) is 11.1 Å². The van der Waals surface area contributed by atoms with Crippen LogP contribution in [-0.2, 0) is 4.79 Å². The Morgan fingerprint density at radius 2 is 1.84 bits per heavy atom. The van der Waals surface area contributed by atoms with Gasteiger partial charge in [0.25, 0.3) is 0 Å². The van der Waals surface area contributed by atoms with E-state index in [1.807, 2.05) is 16.8 Å². The number of nitrogens with zero attached hydrogens (tertiary/aromatic N) is 2. The molecule has 1 amide bonds. The van der Waals surface area contributed by atoms with Crippen molar-refractivity contribution in [2.45, 2.75) is 38.5 Å². The first-order chi connectivity index (χ1) is 11.0. The van der Waals surface area contributed by atoms with Crippen molar-refractivity contribution >= 4 is 42.1 Å². The first-order valence-electron chi connectivity index (χ1n) is 8.56. The van der Waals surface area contributed by atoms with Gasteiger partial charge >= 0.3 is 0 Å². The first-order valence-corrected chi connectivity index (χ1v) is 8.56. The number of hydrogen-bond acceptors (Lipinski definition) is 3. The summed E-state index contributed by atoms with van der Waals surface area (Å²) in [5.41, 5.74) is 7.58. The van der Waals surface area contributed by atoms with Gasteiger partial charge in [0.05, 0.1) is 11.4 Å². The molecule has 1 aliphatic carbocycles. The second-order valence-electron chi connectivity index (χ2n) is 7.04. The summed E-state index contributed by atoms with van der Waals surface area (Å²) in [6.07, 6.45) is 6.15. The summed E-state index contributed by atoms with van der Waals surface area (Å²) in [5.74, 6) is -0.145. The van der Waals surface area contributed by atoms with Gasteiger partial charge in [-0.15, -0.1) is 24.8 Å². The van der Waals surface area contributed by atoms with E-state index in [2.05, 4.69) is 0 Å². The van der Waals surface area contributed by atoms with Gasteiger partial charge in [-0.2, -0.15) is 0 Å². The standard InChI is InChI=1S/C18H26FN3O.2ClH/c1-21-9-10-22(15-6-5-14(19)11-16(15)21)17(23)12-18(13-20)7-3-2-4-8-18;;/h5-6,11H,2-4,7-10,12-13,20H2,1H3;2*1H. The highest BCUT2D eigenvalue weighted by molar-refractivity contribution is 5.98. The molecule has 1 heterocycles. The molecule has 1 aromatic carbocycles. The highest BCUT2D eigenvalue weighted by atomic mass is 35.5. The number of fused-ring (bicyclic) bond motifs is 1. The fourth-order valence-electron chi connectivity index (χ4n) is 3.95. The van der Waals surface area contributed by atoms with E-state index in [1.54, 1.807) is 6.07 Å². The molecule has 7 heteroatoms. The van der Waals surface area contributed by atoms with Crippen molar-refractivity contribution in [2.75, 3.05) is 36.5 Å². The van der Waals surface area contributed by atoms with Gasteiger partial charge in [-0.05, 0) is 43.0 Å². The lowest BCUT2D eigenvalue weighted by molar-refractivity contribution is -0.121. The second kappa shape index (κ2) is 9.06. The zero-order chi connectivity index (χ0) is 16.4. The van der Waals surface area contributed by atoms with Gasteiger partial charge in [0.15, 0.2) is 0 Å². The third kappa shape index (κ3) is 4.57. The van der Waals surface area contributed by atoms with Crippen molar-refractivity contribution in [1.29, 1.82) is 0 Å². The molecule has 0 radical (unpaired) electrons. The third-order valence-corrected chi connectivity index (χ3v) is 5.47. The van der Waals surface area contributed by atoms with Crippen LogP contribution in [0, 0.1) is 11.2 Å². The molecule has 1 aliphatic heterocycles. The molecule has 1 fully saturated rings. The lowest BCUT2D eigenvalue weighted by Crippen LogP contribution is -2.46. The van der Waals surface area contributed by atoms with Crippen LogP contribution in [0.2, 0.25) is 0 Å². The number of carbonyl (C=O) groups excluding carboxylic acids is 1. The number of hydrogen-bond donors (Lipinski definition) is 1. The number of rotatable bonds is 3. The van der Waals surface area contributed by atoms with Gasteiger partial charge in [0, 0.05) is 26.6 Å². The summed E-state index contributed by atoms with van der Waals surface area (Å²) in [6, 6.07) is 4.65. The predicted octanol–water partition coefficient (Wildman–Crippen LogP) is 3.75. The number of likely N-dealkylation sites (N-methyl/N-ethyl adjacent to an activating group) is 1. The number of benzene rings is 1. The fraction of sp³-hybridized carbons (Fsp3) is 0.611. The van der Waals surface area contributed by atoms with Gasteiger partial charge in [-0.25, -0.2) is 4.39 Å². The van der Waals surface area contributed by atoms with Crippen LogP contribution in [0.3, 0.4) is 0 Å². The molecule has 0 saturated heterocycles. The maximum absolute atomic E-state index is 13.5. The van der Waals surface area contributed by atoms with Gasteiger partial charge in [-0.1, -0.05) is 19.3 Å². The van der Waals surface area contributed by atoms with Gasteiger partial charge in [0.2, 0.25) is 5.91 Å². The Labute approximate surface area is 161 Å². The van der Waals surface area contributed by atoms with Crippen molar-refractivity contribution < 1.29 is 9.18 Å². The van der Waals surface area contributed by atoms with E-state index in [0.717, 1.165) is 43.6 Å². The smallest absolute Gasteiger partial charge is 0.227 e. The average Bonchev–Trinajstić information content (AvgIpc) is 2.56. The van der Waals surface area contributed by atoms with E-state index in [4.69, 9.17) is 5.73 Å². The largest absolute Gasteiger partial charge is 0.371 e. The Morgan fingerprint density at radius 3 is 2.48 bits per heavy atom. The summed E-state index contributed by atoms with van der Waals surface area (Å²) >= 11 is 0. The fourth-order valence-corrected chi connectivity index (χ4v) is 3.95. The van der Waals surface area contributed by atoms with Crippen molar-refractivity contribution in [3.05, 3.63) is 24.0 Å². The highest BCUT2D eigenvalue weighted by Crippen LogP contribution is 2.40. The lowest BCUT2D eigenvalue weighted by atomic mass is 9.71. The molecule has 0 aromatic heterocycles. The van der Waals surface area contributed by atoms with E-state index in [1.165, 1.54) is 18.6 Å². The maximum Gasteiger partial charge on any atom is 0.227 e. The van der Waals surface area contributed by atoms with E-state index in [-0.39, 0.29) is 42.0 Å². The number of carbonyl (C=O) groups is 1. The van der Waals surface area contributed by atoms with Crippen LogP contribution in [0.1, 0.15) is 38.5 Å². The van der Waals surface area contributed by atoms with Crippen molar-refractivity contribution in [1.82, 2.24) is 0 Å². The van der Waals surface area contributed by atoms with Gasteiger partial charge in [0.1, 0.15) is 5.82 Å². The van der Waals surface area contributed by atoms with Crippen LogP contribution >= 0.6 is 24.8 Å². The molecule has 142 valence electrons. The normalized spacial score (nSPS) is 18.7. The minimum atomic E-state index is -0.268. The summed E-state index contributed by atoms with van der Waals surface area (Å²) in [4.78, 5) is 16.8. The summed E-state index contributed by atoms with van der Waals surface area (Å²) in [6.45, 7) is 1.94. The maximum atomic E-state index is 13.5. The lowest BCUT2D eigenvalue weighted by Gasteiger charge is -2.40. The molecule has 3 rings (SSSR count). The topological polar surface area (TPSA) is 49.6 Å². The molecule has 1 aromatic rings. The van der Waals surface area contributed by atoms with E-state index >= 15 is 0 Å². The average molecular weight is 392 g/mol. The molecule has 2 aliphatic rings. The van der Waals surface area contributed by atoms with Crippen LogP contribution in [0.4, 0.5) is 15.8 Å². The molecule has 4 nitrogen and oxygen atoms in total. The van der Waals surface area contributed by atoms with E-state index < -0.39 is 0 Å². The summed E-state index contributed by atoms with van der Waals surface area (Å²) < 4.78 is 13.5. The molecule has 0 atom stereocenters. The van der Waals surface area contributed by atoms with Crippen molar-refractivity contribution in [3.63, 3.8) is 0 Å². The van der Waals surface area contributed by atoms with E-state index in [9.17, 15) is 9.18 Å². The van der Waals surface area contributed by atoms with E-state index in [0.29, 0.717) is 19.5 Å². The first kappa shape index (κ1) is 22.0. The van der Waals surface area contributed by atoms with Crippen LogP contribution in [0.5, 0.6) is 0 Å². The number of nitrogens with two attached hydrogens (primary N) is 1. The highest BCUT2D eigenvalue weighted by Gasteiger charge is 2.36.